The maximum Gasteiger partial charge on any atom is 0.326 e. The average molecular weight is 594 g/mol. The van der Waals surface area contributed by atoms with Crippen molar-refractivity contribution in [2.45, 2.75) is 88.1 Å². The fraction of sp³-hybridized carbons (Fsp3) is 0.607. The minimum atomic E-state index is -1.58. The van der Waals surface area contributed by atoms with Crippen molar-refractivity contribution in [3.8, 4) is 5.75 Å². The lowest BCUT2D eigenvalue weighted by atomic mass is 9.93. The van der Waals surface area contributed by atoms with Gasteiger partial charge in [0.25, 0.3) is 0 Å². The molecule has 0 aliphatic carbocycles. The quantitative estimate of drug-likeness (QED) is 0.116. The molecule has 9 N–H and O–H groups in total. The number of piperidine rings is 1. The number of hydrogen-bond acceptors (Lipinski definition) is 9. The lowest BCUT2D eigenvalue weighted by Crippen LogP contribution is -2.59. The van der Waals surface area contributed by atoms with E-state index < -0.39 is 60.4 Å². The van der Waals surface area contributed by atoms with E-state index in [9.17, 15) is 34.2 Å². The highest BCUT2D eigenvalue weighted by Crippen LogP contribution is 2.25. The van der Waals surface area contributed by atoms with Crippen LogP contribution in [0.2, 0.25) is 0 Å². The third-order valence-corrected chi connectivity index (χ3v) is 7.27. The molecule has 1 saturated heterocycles. The number of aliphatic carboxylic acids is 2. The molecule has 0 aromatic heterocycles. The number of likely N-dealkylation sites (tertiary alicyclic amines) is 1. The summed E-state index contributed by atoms with van der Waals surface area (Å²) in [5, 5.41) is 32.7. The lowest BCUT2D eigenvalue weighted by Gasteiger charge is -2.42. The number of unbranched alkanes of at least 4 members (excludes halogenated alkanes) is 1. The van der Waals surface area contributed by atoms with Gasteiger partial charge in [-0.05, 0) is 69.2 Å². The molecule has 0 spiro atoms. The number of phenolic OH excluding ortho intramolecular Hbond substituents is 1. The maximum absolute atomic E-state index is 13.9. The average Bonchev–Trinajstić information content (AvgIpc) is 2.95. The maximum atomic E-state index is 13.9. The largest absolute Gasteiger partial charge is 0.508 e. The number of rotatable bonds is 17. The highest BCUT2D eigenvalue weighted by molar-refractivity contribution is 5.90. The number of methoxy groups -OCH3 is 1. The van der Waals surface area contributed by atoms with E-state index in [1.54, 1.807) is 17.0 Å². The smallest absolute Gasteiger partial charge is 0.326 e. The first-order chi connectivity index (χ1) is 20.0. The first-order valence-corrected chi connectivity index (χ1v) is 14.1. The molecule has 0 saturated carbocycles. The number of carbonyl (C=O) groups excluding carboxylic acids is 3. The summed E-state index contributed by atoms with van der Waals surface area (Å²) >= 11 is 0. The molecule has 14 heteroatoms. The summed E-state index contributed by atoms with van der Waals surface area (Å²) < 4.78 is 5.62. The fourth-order valence-electron chi connectivity index (χ4n) is 5.04. The van der Waals surface area contributed by atoms with Crippen LogP contribution in [0.25, 0.3) is 0 Å². The van der Waals surface area contributed by atoms with Crippen molar-refractivity contribution < 1.29 is 44.0 Å². The third-order valence-electron chi connectivity index (χ3n) is 7.27. The van der Waals surface area contributed by atoms with Crippen molar-refractivity contribution >= 4 is 29.7 Å². The Bertz CT molecular complexity index is 1070. The van der Waals surface area contributed by atoms with Crippen LogP contribution in [-0.2, 0) is 35.1 Å². The van der Waals surface area contributed by atoms with Gasteiger partial charge in [0.2, 0.25) is 17.7 Å². The van der Waals surface area contributed by atoms with E-state index in [0.717, 1.165) is 5.56 Å². The van der Waals surface area contributed by atoms with Crippen molar-refractivity contribution in [2.24, 2.45) is 11.5 Å². The summed E-state index contributed by atoms with van der Waals surface area (Å²) in [6.07, 6.45) is 1.81. The monoisotopic (exact) mass is 593 g/mol. The van der Waals surface area contributed by atoms with Crippen LogP contribution in [-0.4, -0.2) is 100 Å². The highest BCUT2D eigenvalue weighted by Gasteiger charge is 2.38. The van der Waals surface area contributed by atoms with Gasteiger partial charge in [0.05, 0.1) is 24.6 Å². The van der Waals surface area contributed by atoms with Crippen LogP contribution >= 0.6 is 0 Å². The van der Waals surface area contributed by atoms with Gasteiger partial charge < -0.3 is 47.1 Å². The Hall–Kier alpha value is -3.75. The zero-order valence-corrected chi connectivity index (χ0v) is 23.9. The van der Waals surface area contributed by atoms with Gasteiger partial charge in [-0.3, -0.25) is 19.2 Å². The molecule has 3 amide bonds. The summed E-state index contributed by atoms with van der Waals surface area (Å²) in [4.78, 5) is 63.3. The normalized spacial score (nSPS) is 18.9. The minimum absolute atomic E-state index is 0.0900. The number of hydrogen-bond donors (Lipinski definition) is 7. The second-order valence-corrected chi connectivity index (χ2v) is 10.4. The molecule has 234 valence electrons. The van der Waals surface area contributed by atoms with Gasteiger partial charge in [-0.15, -0.1) is 0 Å². The predicted molar refractivity (Wildman–Crippen MR) is 151 cm³/mol. The first kappa shape index (κ1) is 34.5. The summed E-state index contributed by atoms with van der Waals surface area (Å²) in [6, 6.07) is 2.35. The molecule has 42 heavy (non-hydrogen) atoms. The molecule has 1 heterocycles. The Morgan fingerprint density at radius 1 is 1.07 bits per heavy atom. The van der Waals surface area contributed by atoms with Crippen LogP contribution in [0.4, 0.5) is 0 Å². The van der Waals surface area contributed by atoms with Crippen molar-refractivity contribution in [1.29, 1.82) is 0 Å². The topological polar surface area (TPSA) is 235 Å². The fourth-order valence-corrected chi connectivity index (χ4v) is 5.04. The zero-order chi connectivity index (χ0) is 31.2. The molecule has 14 nitrogen and oxygen atoms in total. The standard InChI is InChI=1S/C28H43N5O9/c1-42-23-6-4-14-33(22(23)11-12-24(35)31-21(28(40)41)16-25(36)37)27(39)20(5-2-3-13-29)32-26(38)19(30)15-17-7-9-18(34)10-8-17/h7-10,19-23,34H,2-6,11-16,29-30H2,1H3,(H,31,35)(H,32,38)(H,36,37)(H,40,41)/t19-,20-,21-,22+,23+/m0/s1. The minimum Gasteiger partial charge on any atom is -0.508 e. The molecule has 0 radical (unpaired) electrons. The number of carboxylic acids is 2. The van der Waals surface area contributed by atoms with E-state index in [1.807, 2.05) is 0 Å². The highest BCUT2D eigenvalue weighted by atomic mass is 16.5. The molecule has 5 atom stereocenters. The lowest BCUT2D eigenvalue weighted by molar-refractivity contribution is -0.147. The predicted octanol–water partition coefficient (Wildman–Crippen LogP) is -0.294. The third kappa shape index (κ3) is 10.9. The number of aromatic hydroxyl groups is 1. The zero-order valence-electron chi connectivity index (χ0n) is 23.9. The molecular formula is C28H43N5O9. The van der Waals surface area contributed by atoms with Gasteiger partial charge >= 0.3 is 11.9 Å². The van der Waals surface area contributed by atoms with E-state index in [-0.39, 0.29) is 30.9 Å². The van der Waals surface area contributed by atoms with Gasteiger partial charge in [-0.1, -0.05) is 12.1 Å². The molecule has 1 aromatic rings. The number of nitrogens with one attached hydrogen (secondary N) is 2. The first-order valence-electron chi connectivity index (χ1n) is 14.1. The molecule has 1 aliphatic heterocycles. The summed E-state index contributed by atoms with van der Waals surface area (Å²) in [5.41, 5.74) is 12.5. The summed E-state index contributed by atoms with van der Waals surface area (Å²) in [7, 11) is 1.50. The van der Waals surface area contributed by atoms with Gasteiger partial charge in [-0.25, -0.2) is 4.79 Å². The number of phenols is 1. The number of nitrogens with two attached hydrogens (primary N) is 2. The number of nitrogens with zero attached hydrogens (tertiary/aromatic N) is 1. The number of carboxylic acid groups (broad SMARTS) is 2. The Kier molecular flexibility index (Phi) is 14.2. The molecule has 1 aromatic carbocycles. The number of amides is 3. The van der Waals surface area contributed by atoms with E-state index in [0.29, 0.717) is 45.2 Å². The Morgan fingerprint density at radius 3 is 2.36 bits per heavy atom. The number of carbonyl (C=O) groups is 5. The number of ether oxygens (including phenoxy) is 1. The molecule has 0 unspecified atom stereocenters. The second kappa shape index (κ2) is 17.3. The molecular weight excluding hydrogens is 550 g/mol. The van der Waals surface area contributed by atoms with Crippen molar-refractivity contribution in [3.63, 3.8) is 0 Å². The van der Waals surface area contributed by atoms with Crippen LogP contribution in [0.1, 0.15) is 56.9 Å². The van der Waals surface area contributed by atoms with Gasteiger partial charge in [0.15, 0.2) is 0 Å². The molecule has 0 bridgehead atoms. The Morgan fingerprint density at radius 2 is 1.76 bits per heavy atom. The van der Waals surface area contributed by atoms with Crippen molar-refractivity contribution in [3.05, 3.63) is 29.8 Å². The van der Waals surface area contributed by atoms with Crippen molar-refractivity contribution in [1.82, 2.24) is 15.5 Å². The molecule has 1 aliphatic rings. The summed E-state index contributed by atoms with van der Waals surface area (Å²) in [6.45, 7) is 0.784. The van der Waals surface area contributed by atoms with E-state index >= 15 is 0 Å². The Balaban J connectivity index is 2.15. The van der Waals surface area contributed by atoms with Crippen LogP contribution in [0.15, 0.2) is 24.3 Å². The van der Waals surface area contributed by atoms with Crippen molar-refractivity contribution in [2.75, 3.05) is 20.2 Å². The Labute approximate surface area is 244 Å². The van der Waals surface area contributed by atoms with Crippen LogP contribution < -0.4 is 22.1 Å². The SMILES string of the molecule is CO[C@@H]1CCCN(C(=O)[C@H](CCCCN)NC(=O)[C@@H](N)Cc2ccc(O)cc2)[C@@H]1CCC(=O)N[C@@H](CC(=O)O)C(=O)O. The van der Waals surface area contributed by atoms with E-state index in [4.69, 9.17) is 21.3 Å². The van der Waals surface area contributed by atoms with Crippen LogP contribution in [0, 0.1) is 0 Å². The molecule has 1 fully saturated rings. The van der Waals surface area contributed by atoms with Gasteiger partial charge in [0, 0.05) is 20.1 Å². The van der Waals surface area contributed by atoms with Crippen LogP contribution in [0.5, 0.6) is 5.75 Å². The summed E-state index contributed by atoms with van der Waals surface area (Å²) in [5.74, 6) is -4.26. The van der Waals surface area contributed by atoms with Gasteiger partial charge in [0.1, 0.15) is 17.8 Å². The van der Waals surface area contributed by atoms with E-state index in [1.165, 1.54) is 19.2 Å². The van der Waals surface area contributed by atoms with Gasteiger partial charge in [-0.2, -0.15) is 0 Å². The van der Waals surface area contributed by atoms with E-state index in [2.05, 4.69) is 10.6 Å². The molecule has 2 rings (SSSR count). The number of benzene rings is 1. The second-order valence-electron chi connectivity index (χ2n) is 10.4. The van der Waals surface area contributed by atoms with Crippen LogP contribution in [0.3, 0.4) is 0 Å².